The number of alkyl carbamates (subject to hydrolysis) is 1. The van der Waals surface area contributed by atoms with E-state index in [1.807, 2.05) is 31.2 Å². The van der Waals surface area contributed by atoms with Crippen molar-refractivity contribution in [2.45, 2.75) is 59.3 Å². The lowest BCUT2D eigenvalue weighted by Gasteiger charge is -2.23. The van der Waals surface area contributed by atoms with Gasteiger partial charge >= 0.3 is 13.2 Å². The van der Waals surface area contributed by atoms with E-state index in [9.17, 15) is 24.9 Å². The van der Waals surface area contributed by atoms with Gasteiger partial charge in [-0.05, 0) is 43.6 Å². The monoisotopic (exact) mass is 457 g/mol. The van der Waals surface area contributed by atoms with Crippen molar-refractivity contribution in [3.05, 3.63) is 35.4 Å². The molecule has 0 spiro atoms. The SMILES string of the molecule is Cc1ccc(C[C@H](NC(=O)OC[C@H]2CCN(C(=O)C(C#N)CCC(C)(C)C)C2)B(O)O)cc1. The van der Waals surface area contributed by atoms with E-state index in [4.69, 9.17) is 4.74 Å². The normalized spacial score (nSPS) is 17.7. The summed E-state index contributed by atoms with van der Waals surface area (Å²) in [5.41, 5.74) is 2.01. The van der Waals surface area contributed by atoms with Crippen LogP contribution in [0.2, 0.25) is 0 Å². The summed E-state index contributed by atoms with van der Waals surface area (Å²) < 4.78 is 5.30. The molecule has 1 aromatic rings. The van der Waals surface area contributed by atoms with Gasteiger partial charge in [-0.3, -0.25) is 4.79 Å². The molecule has 8 nitrogen and oxygen atoms in total. The number of nitrogens with one attached hydrogen (secondary N) is 1. The molecule has 1 aliphatic rings. The summed E-state index contributed by atoms with van der Waals surface area (Å²) in [5.74, 6) is -1.73. The first-order valence-electron chi connectivity index (χ1n) is 11.5. The molecule has 180 valence electrons. The van der Waals surface area contributed by atoms with Gasteiger partial charge in [0.05, 0.1) is 18.6 Å². The molecule has 0 saturated carbocycles. The maximum Gasteiger partial charge on any atom is 0.475 e. The van der Waals surface area contributed by atoms with Crippen molar-refractivity contribution >= 4 is 19.1 Å². The van der Waals surface area contributed by atoms with Gasteiger partial charge in [0, 0.05) is 19.0 Å². The van der Waals surface area contributed by atoms with E-state index < -0.39 is 25.1 Å². The summed E-state index contributed by atoms with van der Waals surface area (Å²) in [4.78, 5) is 26.6. The molecule has 3 atom stereocenters. The van der Waals surface area contributed by atoms with Crippen molar-refractivity contribution in [3.8, 4) is 6.07 Å². The summed E-state index contributed by atoms with van der Waals surface area (Å²) in [6.45, 7) is 9.31. The van der Waals surface area contributed by atoms with Crippen LogP contribution in [0.4, 0.5) is 4.79 Å². The van der Waals surface area contributed by atoms with Gasteiger partial charge in [0.15, 0.2) is 0 Å². The lowest BCUT2D eigenvalue weighted by atomic mass is 9.76. The number of nitrogens with zero attached hydrogens (tertiary/aromatic N) is 2. The minimum atomic E-state index is -1.73. The Kier molecular flexibility index (Phi) is 9.75. The topological polar surface area (TPSA) is 123 Å². The van der Waals surface area contributed by atoms with E-state index in [-0.39, 0.29) is 30.3 Å². The second kappa shape index (κ2) is 12.1. The van der Waals surface area contributed by atoms with Crippen molar-refractivity contribution in [2.75, 3.05) is 19.7 Å². The quantitative estimate of drug-likeness (QED) is 0.490. The summed E-state index contributed by atoms with van der Waals surface area (Å²) in [5, 5.41) is 31.2. The number of carbonyl (C=O) groups is 2. The zero-order chi connectivity index (χ0) is 24.6. The van der Waals surface area contributed by atoms with Crippen molar-refractivity contribution in [1.29, 1.82) is 5.26 Å². The van der Waals surface area contributed by atoms with E-state index in [2.05, 4.69) is 32.2 Å². The highest BCUT2D eigenvalue weighted by atomic mass is 16.5. The van der Waals surface area contributed by atoms with Crippen molar-refractivity contribution in [3.63, 3.8) is 0 Å². The molecule has 0 bridgehead atoms. The molecule has 1 saturated heterocycles. The average Bonchev–Trinajstić information content (AvgIpc) is 3.22. The predicted octanol–water partition coefficient (Wildman–Crippen LogP) is 2.46. The number of hydrogen-bond acceptors (Lipinski definition) is 6. The fourth-order valence-electron chi connectivity index (χ4n) is 3.81. The van der Waals surface area contributed by atoms with Gasteiger partial charge in [0.2, 0.25) is 5.91 Å². The van der Waals surface area contributed by atoms with Crippen LogP contribution in [0.1, 0.15) is 51.2 Å². The lowest BCUT2D eigenvalue weighted by molar-refractivity contribution is -0.133. The van der Waals surface area contributed by atoms with E-state index >= 15 is 0 Å². The number of amides is 2. The first-order valence-corrected chi connectivity index (χ1v) is 11.5. The Balaban J connectivity index is 1.80. The van der Waals surface area contributed by atoms with E-state index in [0.29, 0.717) is 25.9 Å². The number of nitriles is 1. The van der Waals surface area contributed by atoms with Gasteiger partial charge in [0.25, 0.3) is 0 Å². The summed E-state index contributed by atoms with van der Waals surface area (Å²) in [6, 6.07) is 9.72. The van der Waals surface area contributed by atoms with E-state index in [1.54, 1.807) is 4.90 Å². The number of aryl methyl sites for hydroxylation is 1. The zero-order valence-electron chi connectivity index (χ0n) is 20.1. The Morgan fingerprint density at radius 1 is 1.30 bits per heavy atom. The number of benzene rings is 1. The van der Waals surface area contributed by atoms with Crippen LogP contribution in [-0.2, 0) is 16.0 Å². The largest absolute Gasteiger partial charge is 0.475 e. The molecule has 0 radical (unpaired) electrons. The van der Waals surface area contributed by atoms with Crippen LogP contribution in [0, 0.1) is 35.5 Å². The molecular formula is C24H36BN3O5. The molecular weight excluding hydrogens is 421 g/mol. The van der Waals surface area contributed by atoms with Crippen molar-refractivity contribution < 1.29 is 24.4 Å². The van der Waals surface area contributed by atoms with Gasteiger partial charge < -0.3 is 25.0 Å². The Bertz CT molecular complexity index is 832. The minimum Gasteiger partial charge on any atom is -0.449 e. The maximum absolute atomic E-state index is 12.7. The van der Waals surface area contributed by atoms with Crippen LogP contribution in [-0.4, -0.2) is 59.7 Å². The van der Waals surface area contributed by atoms with Crippen LogP contribution < -0.4 is 5.32 Å². The van der Waals surface area contributed by atoms with E-state index in [1.165, 1.54) is 0 Å². The highest BCUT2D eigenvalue weighted by Crippen LogP contribution is 2.26. The summed E-state index contributed by atoms with van der Waals surface area (Å²) in [6.07, 6.45) is 1.53. The first kappa shape index (κ1) is 26.7. The Morgan fingerprint density at radius 2 is 1.97 bits per heavy atom. The van der Waals surface area contributed by atoms with Gasteiger partial charge in [0.1, 0.15) is 5.92 Å². The molecule has 1 aliphatic heterocycles. The number of ether oxygens (including phenoxy) is 1. The molecule has 1 aromatic carbocycles. The Labute approximate surface area is 197 Å². The van der Waals surface area contributed by atoms with Gasteiger partial charge in [-0.2, -0.15) is 5.26 Å². The third kappa shape index (κ3) is 9.07. The first-order chi connectivity index (χ1) is 15.5. The van der Waals surface area contributed by atoms with Gasteiger partial charge in [-0.1, -0.05) is 50.6 Å². The van der Waals surface area contributed by atoms with Gasteiger partial charge in [-0.25, -0.2) is 4.79 Å². The Hall–Kier alpha value is -2.57. The molecule has 9 heteroatoms. The number of carbonyl (C=O) groups excluding carboxylic acids is 2. The molecule has 3 N–H and O–H groups in total. The molecule has 0 aromatic heterocycles. The number of hydrogen-bond donors (Lipinski definition) is 3. The average molecular weight is 457 g/mol. The van der Waals surface area contributed by atoms with Crippen LogP contribution in [0.5, 0.6) is 0 Å². The molecule has 2 amide bonds. The third-order valence-corrected chi connectivity index (χ3v) is 5.92. The number of rotatable bonds is 9. The van der Waals surface area contributed by atoms with Gasteiger partial charge in [-0.15, -0.1) is 0 Å². The summed E-state index contributed by atoms with van der Waals surface area (Å²) in [7, 11) is -1.73. The lowest BCUT2D eigenvalue weighted by Crippen LogP contribution is -2.48. The fraction of sp³-hybridized carbons (Fsp3) is 0.625. The van der Waals surface area contributed by atoms with Crippen LogP contribution in [0.3, 0.4) is 0 Å². The fourth-order valence-corrected chi connectivity index (χ4v) is 3.81. The Morgan fingerprint density at radius 3 is 2.55 bits per heavy atom. The molecule has 0 aliphatic carbocycles. The van der Waals surface area contributed by atoms with Crippen molar-refractivity contribution in [1.82, 2.24) is 10.2 Å². The maximum atomic E-state index is 12.7. The molecule has 1 heterocycles. The minimum absolute atomic E-state index is 0.0174. The second-order valence-electron chi connectivity index (χ2n) is 10.2. The zero-order valence-corrected chi connectivity index (χ0v) is 20.1. The van der Waals surface area contributed by atoms with Crippen LogP contribution >= 0.6 is 0 Å². The predicted molar refractivity (Wildman–Crippen MR) is 126 cm³/mol. The highest BCUT2D eigenvalue weighted by molar-refractivity contribution is 6.43. The van der Waals surface area contributed by atoms with Crippen LogP contribution in [0.15, 0.2) is 24.3 Å². The van der Waals surface area contributed by atoms with Crippen molar-refractivity contribution in [2.24, 2.45) is 17.3 Å². The molecule has 2 rings (SSSR count). The standard InChI is InChI=1S/C24H36BN3O5/c1-17-5-7-18(8-6-17)13-21(25(31)32)27-23(30)33-16-19-10-12-28(15-19)22(29)20(14-26)9-11-24(2,3)4/h5-8,19-21,31-32H,9-13,15-16H2,1-4H3,(H,27,30)/t19-,20?,21-/m0/s1. The number of likely N-dealkylation sites (tertiary alicyclic amines) is 1. The molecule has 1 unspecified atom stereocenters. The molecule has 33 heavy (non-hydrogen) atoms. The smallest absolute Gasteiger partial charge is 0.449 e. The van der Waals surface area contributed by atoms with Crippen LogP contribution in [0.25, 0.3) is 0 Å². The molecule has 1 fully saturated rings. The van der Waals surface area contributed by atoms with E-state index in [0.717, 1.165) is 17.5 Å². The summed E-state index contributed by atoms with van der Waals surface area (Å²) >= 11 is 0. The third-order valence-electron chi connectivity index (χ3n) is 5.92. The second-order valence-corrected chi connectivity index (χ2v) is 10.2. The highest BCUT2D eigenvalue weighted by Gasteiger charge is 2.32.